The number of rotatable bonds is 9. The number of hydrogen-bond donors (Lipinski definition) is 2. The SMILES string of the molecule is COC(=O)c1cc(/C=C/c2ccc(OC)cc2)ccc1NC(=O)c1ccc(N(C)C(=O)c2ccc(C(=O)O)cc2)cc1. The normalized spacial score (nSPS) is 10.6. The van der Waals surface area contributed by atoms with Gasteiger partial charge in [-0.1, -0.05) is 30.4 Å². The Hall–Kier alpha value is -5.70. The van der Waals surface area contributed by atoms with E-state index in [1.807, 2.05) is 36.4 Å². The molecular formula is C33H28N2O7. The summed E-state index contributed by atoms with van der Waals surface area (Å²) in [5, 5.41) is 11.8. The van der Waals surface area contributed by atoms with Crippen LogP contribution in [0.2, 0.25) is 0 Å². The molecule has 0 spiro atoms. The second-order valence-corrected chi connectivity index (χ2v) is 9.15. The van der Waals surface area contributed by atoms with Gasteiger partial charge in [0, 0.05) is 23.9 Å². The number of hydrogen-bond acceptors (Lipinski definition) is 6. The zero-order valence-electron chi connectivity index (χ0n) is 23.2. The van der Waals surface area contributed by atoms with Crippen molar-refractivity contribution in [3.05, 3.63) is 124 Å². The van der Waals surface area contributed by atoms with Crippen molar-refractivity contribution in [3.8, 4) is 5.75 Å². The summed E-state index contributed by atoms with van der Waals surface area (Å²) in [6.45, 7) is 0. The third-order valence-electron chi connectivity index (χ3n) is 6.48. The van der Waals surface area contributed by atoms with E-state index >= 15 is 0 Å². The first kappa shape index (κ1) is 29.3. The van der Waals surface area contributed by atoms with Crippen LogP contribution in [0.4, 0.5) is 11.4 Å². The number of amides is 2. The fourth-order valence-corrected chi connectivity index (χ4v) is 4.06. The lowest BCUT2D eigenvalue weighted by Crippen LogP contribution is -2.26. The van der Waals surface area contributed by atoms with Crippen LogP contribution >= 0.6 is 0 Å². The van der Waals surface area contributed by atoms with Gasteiger partial charge in [0.05, 0.1) is 31.0 Å². The third kappa shape index (κ3) is 6.89. The third-order valence-corrected chi connectivity index (χ3v) is 6.48. The molecule has 0 bridgehead atoms. The highest BCUT2D eigenvalue weighted by molar-refractivity contribution is 6.09. The number of benzene rings is 4. The van der Waals surface area contributed by atoms with Crippen LogP contribution in [-0.2, 0) is 4.74 Å². The highest BCUT2D eigenvalue weighted by Gasteiger charge is 2.18. The molecule has 9 heteroatoms. The van der Waals surface area contributed by atoms with E-state index < -0.39 is 17.8 Å². The van der Waals surface area contributed by atoms with Gasteiger partial charge in [0.25, 0.3) is 11.8 Å². The van der Waals surface area contributed by atoms with Crippen LogP contribution in [0.5, 0.6) is 5.75 Å². The van der Waals surface area contributed by atoms with Crippen LogP contribution in [0.1, 0.15) is 52.6 Å². The summed E-state index contributed by atoms with van der Waals surface area (Å²) in [7, 11) is 4.45. The average Bonchev–Trinajstić information content (AvgIpc) is 3.03. The zero-order chi connectivity index (χ0) is 30.2. The molecule has 4 aromatic rings. The molecule has 9 nitrogen and oxygen atoms in total. The van der Waals surface area contributed by atoms with Gasteiger partial charge in [-0.3, -0.25) is 9.59 Å². The smallest absolute Gasteiger partial charge is 0.339 e. The largest absolute Gasteiger partial charge is 0.497 e. The maximum absolute atomic E-state index is 13.0. The molecular weight excluding hydrogens is 536 g/mol. The van der Waals surface area contributed by atoms with E-state index in [0.717, 1.165) is 16.9 Å². The van der Waals surface area contributed by atoms with Gasteiger partial charge < -0.3 is 24.8 Å². The van der Waals surface area contributed by atoms with Gasteiger partial charge in [-0.05, 0) is 83.9 Å². The lowest BCUT2D eigenvalue weighted by molar-refractivity contribution is 0.0600. The van der Waals surface area contributed by atoms with Crippen LogP contribution < -0.4 is 15.0 Å². The first-order valence-electron chi connectivity index (χ1n) is 12.8. The molecule has 2 amide bonds. The quantitative estimate of drug-likeness (QED) is 0.192. The maximum Gasteiger partial charge on any atom is 0.339 e. The maximum atomic E-state index is 13.0. The second kappa shape index (κ2) is 13.1. The number of esters is 1. The van der Waals surface area contributed by atoms with E-state index in [2.05, 4.69) is 5.32 Å². The van der Waals surface area contributed by atoms with Crippen molar-refractivity contribution in [1.29, 1.82) is 0 Å². The minimum atomic E-state index is -1.08. The van der Waals surface area contributed by atoms with Crippen LogP contribution in [0.25, 0.3) is 12.2 Å². The number of carbonyl (C=O) groups excluding carboxylic acids is 3. The van der Waals surface area contributed by atoms with Crippen molar-refractivity contribution in [3.63, 3.8) is 0 Å². The van der Waals surface area contributed by atoms with E-state index in [1.165, 1.54) is 36.3 Å². The molecule has 0 saturated carbocycles. The predicted octanol–water partition coefficient (Wildman–Crippen LogP) is 5.88. The Morgan fingerprint density at radius 2 is 1.31 bits per heavy atom. The molecule has 4 rings (SSSR count). The monoisotopic (exact) mass is 564 g/mol. The number of carboxylic acid groups (broad SMARTS) is 1. The van der Waals surface area contributed by atoms with Gasteiger partial charge in [-0.2, -0.15) is 0 Å². The molecule has 0 aromatic heterocycles. The van der Waals surface area contributed by atoms with Crippen molar-refractivity contribution in [1.82, 2.24) is 0 Å². The van der Waals surface area contributed by atoms with Crippen molar-refractivity contribution in [2.24, 2.45) is 0 Å². The molecule has 0 aliphatic carbocycles. The van der Waals surface area contributed by atoms with Gasteiger partial charge in [0.15, 0.2) is 0 Å². The molecule has 0 fully saturated rings. The summed E-state index contributed by atoms with van der Waals surface area (Å²) < 4.78 is 10.1. The van der Waals surface area contributed by atoms with Crippen LogP contribution in [0.3, 0.4) is 0 Å². The molecule has 0 unspecified atom stereocenters. The molecule has 4 aromatic carbocycles. The molecule has 42 heavy (non-hydrogen) atoms. The number of nitrogens with zero attached hydrogens (tertiary/aromatic N) is 1. The number of carbonyl (C=O) groups is 4. The highest BCUT2D eigenvalue weighted by Crippen LogP contribution is 2.23. The van der Waals surface area contributed by atoms with E-state index in [9.17, 15) is 19.2 Å². The number of ether oxygens (including phenoxy) is 2. The number of nitrogens with one attached hydrogen (secondary N) is 1. The number of carboxylic acids is 1. The van der Waals surface area contributed by atoms with Crippen LogP contribution in [-0.4, -0.2) is 50.1 Å². The van der Waals surface area contributed by atoms with Crippen LogP contribution in [0, 0.1) is 0 Å². The summed E-state index contributed by atoms with van der Waals surface area (Å²) >= 11 is 0. The molecule has 0 heterocycles. The Kier molecular flexibility index (Phi) is 9.14. The average molecular weight is 565 g/mol. The number of aromatic carboxylic acids is 1. The minimum absolute atomic E-state index is 0.0830. The van der Waals surface area contributed by atoms with Gasteiger partial charge >= 0.3 is 11.9 Å². The number of methoxy groups -OCH3 is 2. The van der Waals surface area contributed by atoms with Crippen molar-refractivity contribution in [2.45, 2.75) is 0 Å². The Balaban J connectivity index is 1.47. The Bertz CT molecular complexity index is 1640. The Labute approximate surface area is 242 Å². The molecule has 212 valence electrons. The summed E-state index contributed by atoms with van der Waals surface area (Å²) in [4.78, 5) is 50.8. The van der Waals surface area contributed by atoms with Crippen molar-refractivity contribution in [2.75, 3.05) is 31.5 Å². The lowest BCUT2D eigenvalue weighted by Gasteiger charge is -2.18. The molecule has 0 saturated heterocycles. The van der Waals surface area contributed by atoms with E-state index in [-0.39, 0.29) is 22.7 Å². The Morgan fingerprint density at radius 1 is 0.738 bits per heavy atom. The van der Waals surface area contributed by atoms with Crippen molar-refractivity contribution < 1.29 is 33.8 Å². The highest BCUT2D eigenvalue weighted by atomic mass is 16.5. The van der Waals surface area contributed by atoms with Gasteiger partial charge in [-0.15, -0.1) is 0 Å². The fourth-order valence-electron chi connectivity index (χ4n) is 4.06. The molecule has 0 radical (unpaired) electrons. The van der Waals surface area contributed by atoms with Gasteiger partial charge in [-0.25, -0.2) is 9.59 Å². The minimum Gasteiger partial charge on any atom is -0.497 e. The van der Waals surface area contributed by atoms with Gasteiger partial charge in [0.1, 0.15) is 5.75 Å². The first-order valence-corrected chi connectivity index (χ1v) is 12.8. The lowest BCUT2D eigenvalue weighted by atomic mass is 10.1. The Morgan fingerprint density at radius 3 is 1.90 bits per heavy atom. The molecule has 2 N–H and O–H groups in total. The zero-order valence-corrected chi connectivity index (χ0v) is 23.2. The van der Waals surface area contributed by atoms with Gasteiger partial charge in [0.2, 0.25) is 0 Å². The van der Waals surface area contributed by atoms with Crippen LogP contribution in [0.15, 0.2) is 91.0 Å². The molecule has 0 aliphatic rings. The molecule has 0 atom stereocenters. The number of anilines is 2. The second-order valence-electron chi connectivity index (χ2n) is 9.15. The first-order chi connectivity index (χ1) is 20.2. The summed E-state index contributed by atoms with van der Waals surface area (Å²) in [5.41, 5.74) is 3.40. The van der Waals surface area contributed by atoms with E-state index in [4.69, 9.17) is 14.6 Å². The van der Waals surface area contributed by atoms with Crippen molar-refractivity contribution >= 4 is 47.3 Å². The summed E-state index contributed by atoms with van der Waals surface area (Å²) in [6, 6.07) is 24.5. The van der Waals surface area contributed by atoms with E-state index in [0.29, 0.717) is 16.8 Å². The fraction of sp³-hybridized carbons (Fsp3) is 0.0909. The predicted molar refractivity (Wildman–Crippen MR) is 160 cm³/mol. The van der Waals surface area contributed by atoms with E-state index in [1.54, 1.807) is 56.6 Å². The molecule has 0 aliphatic heterocycles. The summed E-state index contributed by atoms with van der Waals surface area (Å²) in [5.74, 6) is -1.72. The standard InChI is InChI=1S/C33H28N2O7/c1-35(31(37)24-9-11-25(12-10-24)32(38)39)26-15-13-23(14-16-26)30(36)34-29-19-8-22(20-28(29)33(40)42-3)5-4-21-6-17-27(41-2)18-7-21/h4-20H,1-3H3,(H,34,36)(H,38,39)/b5-4+. The summed E-state index contributed by atoms with van der Waals surface area (Å²) in [6.07, 6.45) is 3.74. The topological polar surface area (TPSA) is 122 Å².